The number of benzene rings is 1. The highest BCUT2D eigenvalue weighted by Gasteiger charge is 2.26. The van der Waals surface area contributed by atoms with E-state index in [1.807, 2.05) is 6.92 Å². The molecule has 0 spiro atoms. The van der Waals surface area contributed by atoms with Crippen molar-refractivity contribution in [3.8, 4) is 0 Å². The maximum Gasteiger partial charge on any atom is 0.0787 e. The molecule has 1 aromatic carbocycles. The molecule has 1 aliphatic rings. The Morgan fingerprint density at radius 1 is 1.28 bits per heavy atom. The van der Waals surface area contributed by atoms with Crippen molar-refractivity contribution in [2.24, 2.45) is 5.41 Å². The zero-order chi connectivity index (χ0) is 13.2. The minimum Gasteiger partial charge on any atom is -0.388 e. The first-order valence-electron chi connectivity index (χ1n) is 7.05. The van der Waals surface area contributed by atoms with Gasteiger partial charge < -0.3 is 10.0 Å². The third-order valence-electron chi connectivity index (χ3n) is 3.93. The second-order valence-corrected chi connectivity index (χ2v) is 6.20. The summed E-state index contributed by atoms with van der Waals surface area (Å²) in [5.74, 6) is 0. The first-order chi connectivity index (χ1) is 8.52. The summed E-state index contributed by atoms with van der Waals surface area (Å²) in [6.07, 6.45) is 3.04. The molecule has 0 amide bonds. The number of piperidine rings is 1. The maximum atomic E-state index is 9.80. The van der Waals surface area contributed by atoms with Crippen molar-refractivity contribution in [3.05, 3.63) is 29.8 Å². The average Bonchev–Trinajstić information content (AvgIpc) is 2.37. The van der Waals surface area contributed by atoms with E-state index >= 15 is 0 Å². The highest BCUT2D eigenvalue weighted by molar-refractivity contribution is 5.48. The summed E-state index contributed by atoms with van der Waals surface area (Å²) >= 11 is 0. The number of rotatable bonds is 3. The summed E-state index contributed by atoms with van der Waals surface area (Å²) < 4.78 is 0. The third kappa shape index (κ3) is 3.05. The molecule has 1 aromatic rings. The Hall–Kier alpha value is -1.02. The number of aliphatic hydroxyl groups is 1. The predicted molar refractivity (Wildman–Crippen MR) is 76.9 cm³/mol. The van der Waals surface area contributed by atoms with E-state index in [9.17, 15) is 5.11 Å². The van der Waals surface area contributed by atoms with E-state index in [-0.39, 0.29) is 6.10 Å². The molecular formula is C16H25NO. The van der Waals surface area contributed by atoms with Crippen LogP contribution >= 0.6 is 0 Å². The minimum absolute atomic E-state index is 0.322. The van der Waals surface area contributed by atoms with E-state index < -0.39 is 0 Å². The van der Waals surface area contributed by atoms with Gasteiger partial charge in [-0.25, -0.2) is 0 Å². The SMILES string of the molecule is CC[C@H](O)c1ccc(N2CCCC(C)(C)C2)cc1. The van der Waals surface area contributed by atoms with Gasteiger partial charge in [-0.15, -0.1) is 0 Å². The standard InChI is InChI=1S/C16H25NO/c1-4-15(18)13-6-8-14(9-7-13)17-11-5-10-16(2,3)12-17/h6-9,15,18H,4-5,10-12H2,1-3H3/t15-/m0/s1. The van der Waals surface area contributed by atoms with E-state index in [1.54, 1.807) is 0 Å². The van der Waals surface area contributed by atoms with Crippen molar-refractivity contribution in [2.75, 3.05) is 18.0 Å². The van der Waals surface area contributed by atoms with Crippen LogP contribution in [0.5, 0.6) is 0 Å². The van der Waals surface area contributed by atoms with Crippen LogP contribution in [-0.2, 0) is 0 Å². The van der Waals surface area contributed by atoms with Gasteiger partial charge in [-0.2, -0.15) is 0 Å². The number of nitrogens with zero attached hydrogens (tertiary/aromatic N) is 1. The molecule has 2 heteroatoms. The molecule has 1 saturated heterocycles. The Morgan fingerprint density at radius 3 is 2.50 bits per heavy atom. The van der Waals surface area contributed by atoms with Gasteiger partial charge in [-0.05, 0) is 42.4 Å². The van der Waals surface area contributed by atoms with Crippen LogP contribution in [0, 0.1) is 5.41 Å². The highest BCUT2D eigenvalue weighted by Crippen LogP contribution is 2.32. The fraction of sp³-hybridized carbons (Fsp3) is 0.625. The van der Waals surface area contributed by atoms with E-state index in [4.69, 9.17) is 0 Å². The van der Waals surface area contributed by atoms with Crippen LogP contribution in [0.4, 0.5) is 5.69 Å². The Morgan fingerprint density at radius 2 is 1.94 bits per heavy atom. The minimum atomic E-state index is -0.322. The first kappa shape index (κ1) is 13.4. The van der Waals surface area contributed by atoms with Crippen molar-refractivity contribution in [2.45, 2.75) is 46.1 Å². The predicted octanol–water partition coefficient (Wildman–Crippen LogP) is 3.76. The van der Waals surface area contributed by atoms with Crippen LogP contribution in [0.1, 0.15) is 51.7 Å². The number of hydrogen-bond acceptors (Lipinski definition) is 2. The van der Waals surface area contributed by atoms with Gasteiger partial charge in [0.25, 0.3) is 0 Å². The van der Waals surface area contributed by atoms with Crippen molar-refractivity contribution < 1.29 is 5.11 Å². The van der Waals surface area contributed by atoms with Gasteiger partial charge >= 0.3 is 0 Å². The first-order valence-corrected chi connectivity index (χ1v) is 7.05. The summed E-state index contributed by atoms with van der Waals surface area (Å²) in [7, 11) is 0. The van der Waals surface area contributed by atoms with E-state index in [0.717, 1.165) is 25.1 Å². The maximum absolute atomic E-state index is 9.80. The van der Waals surface area contributed by atoms with Crippen molar-refractivity contribution >= 4 is 5.69 Å². The van der Waals surface area contributed by atoms with Crippen LogP contribution in [-0.4, -0.2) is 18.2 Å². The van der Waals surface area contributed by atoms with Gasteiger partial charge in [0.1, 0.15) is 0 Å². The zero-order valence-electron chi connectivity index (χ0n) is 11.8. The Balaban J connectivity index is 2.09. The Kier molecular flexibility index (Phi) is 3.96. The summed E-state index contributed by atoms with van der Waals surface area (Å²) in [6, 6.07) is 8.42. The van der Waals surface area contributed by atoms with Crippen molar-refractivity contribution in [3.63, 3.8) is 0 Å². The quantitative estimate of drug-likeness (QED) is 0.879. The molecule has 0 aliphatic carbocycles. The molecule has 18 heavy (non-hydrogen) atoms. The molecule has 1 N–H and O–H groups in total. The molecule has 1 atom stereocenters. The van der Waals surface area contributed by atoms with Crippen molar-refractivity contribution in [1.82, 2.24) is 0 Å². The molecule has 0 radical (unpaired) electrons. The van der Waals surface area contributed by atoms with Gasteiger partial charge in [0.2, 0.25) is 0 Å². The third-order valence-corrected chi connectivity index (χ3v) is 3.93. The Labute approximate surface area is 111 Å². The summed E-state index contributed by atoms with van der Waals surface area (Å²) in [5, 5.41) is 9.80. The van der Waals surface area contributed by atoms with Gasteiger partial charge in [0.15, 0.2) is 0 Å². The molecule has 0 bridgehead atoms. The van der Waals surface area contributed by atoms with Gasteiger partial charge in [-0.3, -0.25) is 0 Å². The number of hydrogen-bond donors (Lipinski definition) is 1. The highest BCUT2D eigenvalue weighted by atomic mass is 16.3. The molecule has 1 fully saturated rings. The largest absolute Gasteiger partial charge is 0.388 e. The fourth-order valence-corrected chi connectivity index (χ4v) is 2.79. The fourth-order valence-electron chi connectivity index (χ4n) is 2.79. The van der Waals surface area contributed by atoms with Crippen LogP contribution in [0.15, 0.2) is 24.3 Å². The normalized spacial score (nSPS) is 20.8. The van der Waals surface area contributed by atoms with E-state index in [0.29, 0.717) is 5.41 Å². The van der Waals surface area contributed by atoms with E-state index in [2.05, 4.69) is 43.0 Å². The molecule has 0 aromatic heterocycles. The average molecular weight is 247 g/mol. The lowest BCUT2D eigenvalue weighted by Gasteiger charge is -2.39. The molecule has 2 nitrogen and oxygen atoms in total. The smallest absolute Gasteiger partial charge is 0.0787 e. The second kappa shape index (κ2) is 5.31. The molecule has 0 unspecified atom stereocenters. The molecular weight excluding hydrogens is 222 g/mol. The lowest BCUT2D eigenvalue weighted by atomic mass is 9.84. The lowest BCUT2D eigenvalue weighted by Crippen LogP contribution is -2.40. The summed E-state index contributed by atoms with van der Waals surface area (Å²) in [6.45, 7) is 8.97. The van der Waals surface area contributed by atoms with E-state index in [1.165, 1.54) is 18.5 Å². The summed E-state index contributed by atoms with van der Waals surface area (Å²) in [4.78, 5) is 2.46. The molecule has 1 heterocycles. The molecule has 1 aliphatic heterocycles. The number of anilines is 1. The Bertz CT molecular complexity index is 383. The number of aliphatic hydroxyl groups excluding tert-OH is 1. The van der Waals surface area contributed by atoms with Crippen LogP contribution < -0.4 is 4.90 Å². The second-order valence-electron chi connectivity index (χ2n) is 6.20. The van der Waals surface area contributed by atoms with Gasteiger partial charge in [-0.1, -0.05) is 32.9 Å². The lowest BCUT2D eigenvalue weighted by molar-refractivity contribution is 0.173. The van der Waals surface area contributed by atoms with Crippen LogP contribution in [0.25, 0.3) is 0 Å². The van der Waals surface area contributed by atoms with Crippen molar-refractivity contribution in [1.29, 1.82) is 0 Å². The summed E-state index contributed by atoms with van der Waals surface area (Å²) in [5.41, 5.74) is 2.73. The van der Waals surface area contributed by atoms with Crippen LogP contribution in [0.3, 0.4) is 0 Å². The molecule has 2 rings (SSSR count). The van der Waals surface area contributed by atoms with Crippen LogP contribution in [0.2, 0.25) is 0 Å². The topological polar surface area (TPSA) is 23.5 Å². The molecule has 0 saturated carbocycles. The van der Waals surface area contributed by atoms with Gasteiger partial charge in [0.05, 0.1) is 6.10 Å². The van der Waals surface area contributed by atoms with Gasteiger partial charge in [0, 0.05) is 18.8 Å². The monoisotopic (exact) mass is 247 g/mol. The zero-order valence-corrected chi connectivity index (χ0v) is 11.8. The molecule has 100 valence electrons.